The maximum absolute atomic E-state index is 12.6. The molecule has 0 spiro atoms. The van der Waals surface area contributed by atoms with Gasteiger partial charge >= 0.3 is 7.67 Å². The van der Waals surface area contributed by atoms with Gasteiger partial charge in [0.2, 0.25) is 0 Å². The van der Waals surface area contributed by atoms with Gasteiger partial charge in [0.1, 0.15) is 0 Å². The Kier molecular flexibility index (Phi) is 6.06. The van der Waals surface area contributed by atoms with Crippen molar-refractivity contribution in [2.45, 2.75) is 32.4 Å². The van der Waals surface area contributed by atoms with Crippen LogP contribution in [0.3, 0.4) is 0 Å². The first-order valence-electron chi connectivity index (χ1n) is 5.45. The van der Waals surface area contributed by atoms with Crippen LogP contribution in [0.1, 0.15) is 20.3 Å². The van der Waals surface area contributed by atoms with Crippen molar-refractivity contribution in [3.63, 3.8) is 0 Å². The number of rotatable bonds is 5. The van der Waals surface area contributed by atoms with Gasteiger partial charge in [-0.05, 0) is 20.3 Å². The molecule has 0 amide bonds. The van der Waals surface area contributed by atoms with Crippen molar-refractivity contribution in [3.05, 3.63) is 0 Å². The highest BCUT2D eigenvalue weighted by molar-refractivity contribution is 7.54. The Labute approximate surface area is 107 Å². The first-order valence-corrected chi connectivity index (χ1v) is 8.10. The number of halogens is 2. The molecule has 1 saturated heterocycles. The van der Waals surface area contributed by atoms with Gasteiger partial charge in [0.15, 0.2) is 0 Å². The molecule has 0 aromatic heterocycles. The van der Waals surface area contributed by atoms with E-state index in [2.05, 4.69) is 5.09 Å². The maximum atomic E-state index is 12.6. The third kappa shape index (κ3) is 3.86. The lowest BCUT2D eigenvalue weighted by Gasteiger charge is -2.38. The fourth-order valence-corrected chi connectivity index (χ4v) is 4.83. The topological polar surface area (TPSA) is 41.6 Å². The van der Waals surface area contributed by atoms with Crippen LogP contribution in [0.15, 0.2) is 0 Å². The van der Waals surface area contributed by atoms with E-state index >= 15 is 0 Å². The molecule has 7 heteroatoms. The van der Waals surface area contributed by atoms with Crippen molar-refractivity contribution < 1.29 is 9.09 Å². The Hall–Kier alpha value is 0.690. The Morgan fingerprint density at radius 3 is 2.38 bits per heavy atom. The van der Waals surface area contributed by atoms with Crippen LogP contribution in [0, 0.1) is 0 Å². The minimum Gasteiger partial charge on any atom is -0.303 e. The van der Waals surface area contributed by atoms with Crippen LogP contribution in [0.4, 0.5) is 0 Å². The van der Waals surface area contributed by atoms with E-state index in [0.717, 1.165) is 6.42 Å². The molecule has 1 N–H and O–H groups in total. The molecule has 0 aromatic rings. The van der Waals surface area contributed by atoms with E-state index in [-0.39, 0.29) is 12.1 Å². The lowest BCUT2D eigenvalue weighted by atomic mass is 10.2. The van der Waals surface area contributed by atoms with Crippen LogP contribution in [0.2, 0.25) is 0 Å². The molecule has 1 unspecified atom stereocenters. The predicted molar refractivity (Wildman–Crippen MR) is 68.4 cm³/mol. The van der Waals surface area contributed by atoms with E-state index in [1.165, 1.54) is 0 Å². The van der Waals surface area contributed by atoms with Gasteiger partial charge in [-0.3, -0.25) is 4.57 Å². The van der Waals surface area contributed by atoms with E-state index in [1.807, 2.05) is 13.8 Å². The molecule has 1 rings (SSSR count). The van der Waals surface area contributed by atoms with Crippen LogP contribution in [0.25, 0.3) is 0 Å². The molecule has 4 nitrogen and oxygen atoms in total. The zero-order valence-electron chi connectivity index (χ0n) is 9.66. The molecule has 1 aliphatic heterocycles. The zero-order valence-corrected chi connectivity index (χ0v) is 12.1. The quantitative estimate of drug-likeness (QED) is 0.624. The molecule has 1 aliphatic rings. The maximum Gasteiger partial charge on any atom is 0.343 e. The summed E-state index contributed by atoms with van der Waals surface area (Å²) in [6.45, 7) is 4.96. The second-order valence-corrected chi connectivity index (χ2v) is 6.87. The molecular formula is C9H19Cl2N2O2P. The van der Waals surface area contributed by atoms with Crippen molar-refractivity contribution in [2.75, 3.05) is 24.8 Å². The minimum atomic E-state index is -2.95. The second-order valence-electron chi connectivity index (χ2n) is 4.03. The smallest absolute Gasteiger partial charge is 0.303 e. The summed E-state index contributed by atoms with van der Waals surface area (Å²) in [5, 5.41) is 3.03. The molecule has 3 atom stereocenters. The van der Waals surface area contributed by atoms with Gasteiger partial charge in [-0.2, -0.15) is 0 Å². The van der Waals surface area contributed by atoms with Gasteiger partial charge in [-0.15, -0.1) is 23.2 Å². The summed E-state index contributed by atoms with van der Waals surface area (Å²) in [5.41, 5.74) is 0. The number of alkyl halides is 2. The summed E-state index contributed by atoms with van der Waals surface area (Å²) >= 11 is 11.4. The predicted octanol–water partition coefficient (Wildman–Crippen LogP) is 2.66. The fraction of sp³-hybridized carbons (Fsp3) is 1.00. The SMILES string of the molecule is C[C@H]1C[C@H](C)OP(=O)(N(CCCl)CCCl)N1. The Bertz CT molecular complexity index is 248. The van der Waals surface area contributed by atoms with E-state index in [1.54, 1.807) is 4.67 Å². The fourth-order valence-electron chi connectivity index (χ4n) is 1.87. The van der Waals surface area contributed by atoms with E-state index in [9.17, 15) is 4.57 Å². The molecule has 0 aliphatic carbocycles. The normalized spacial score (nSPS) is 35.6. The first kappa shape index (κ1) is 14.7. The number of hydrogen-bond acceptors (Lipinski definition) is 2. The summed E-state index contributed by atoms with van der Waals surface area (Å²) in [6.07, 6.45) is 0.856. The molecule has 1 fully saturated rings. The second kappa shape index (κ2) is 6.58. The molecule has 0 saturated carbocycles. The number of hydrogen-bond donors (Lipinski definition) is 1. The lowest BCUT2D eigenvalue weighted by molar-refractivity contribution is 0.145. The monoisotopic (exact) mass is 288 g/mol. The summed E-state index contributed by atoms with van der Waals surface area (Å²) in [4.78, 5) is 0. The summed E-state index contributed by atoms with van der Waals surface area (Å²) in [6, 6.07) is 0.183. The van der Waals surface area contributed by atoms with Gasteiger partial charge in [-0.25, -0.2) is 9.76 Å². The van der Waals surface area contributed by atoms with Crippen LogP contribution < -0.4 is 5.09 Å². The molecule has 96 valence electrons. The molecule has 0 bridgehead atoms. The third-order valence-electron chi connectivity index (χ3n) is 2.45. The van der Waals surface area contributed by atoms with Crippen molar-refractivity contribution in [3.8, 4) is 0 Å². The van der Waals surface area contributed by atoms with Crippen LogP contribution in [0.5, 0.6) is 0 Å². The third-order valence-corrected chi connectivity index (χ3v) is 5.34. The van der Waals surface area contributed by atoms with Gasteiger partial charge in [0, 0.05) is 30.9 Å². The first-order chi connectivity index (χ1) is 7.51. The van der Waals surface area contributed by atoms with E-state index in [4.69, 9.17) is 27.7 Å². The van der Waals surface area contributed by atoms with Gasteiger partial charge in [-0.1, -0.05) is 0 Å². The standard InChI is InChI=1S/C9H19Cl2N2O2P/c1-8-7-9(2)15-16(14,12-8)13(5-3-10)6-4-11/h8-9H,3-7H2,1-2H3,(H,12,14)/t8-,9-,16?/m0/s1. The van der Waals surface area contributed by atoms with Crippen molar-refractivity contribution >= 4 is 30.9 Å². The molecule has 16 heavy (non-hydrogen) atoms. The van der Waals surface area contributed by atoms with Crippen LogP contribution in [-0.2, 0) is 9.09 Å². The lowest BCUT2D eigenvalue weighted by Crippen LogP contribution is -2.42. The number of nitrogens with zero attached hydrogens (tertiary/aromatic N) is 1. The molecule has 1 heterocycles. The Morgan fingerprint density at radius 1 is 1.38 bits per heavy atom. The van der Waals surface area contributed by atoms with E-state index < -0.39 is 7.67 Å². The number of nitrogens with one attached hydrogen (secondary N) is 1. The van der Waals surface area contributed by atoms with Crippen molar-refractivity contribution in [2.24, 2.45) is 0 Å². The Balaban J connectivity index is 2.74. The van der Waals surface area contributed by atoms with E-state index in [0.29, 0.717) is 24.8 Å². The Morgan fingerprint density at radius 2 is 1.94 bits per heavy atom. The highest BCUT2D eigenvalue weighted by atomic mass is 35.5. The van der Waals surface area contributed by atoms with Gasteiger partial charge in [0.05, 0.1) is 6.10 Å². The molecule has 0 radical (unpaired) electrons. The highest BCUT2D eigenvalue weighted by Crippen LogP contribution is 2.51. The largest absolute Gasteiger partial charge is 0.343 e. The van der Waals surface area contributed by atoms with Gasteiger partial charge < -0.3 is 4.52 Å². The highest BCUT2D eigenvalue weighted by Gasteiger charge is 2.38. The van der Waals surface area contributed by atoms with Crippen LogP contribution >= 0.6 is 30.9 Å². The summed E-state index contributed by atoms with van der Waals surface area (Å²) in [5.74, 6) is 0.823. The average molecular weight is 289 g/mol. The molecule has 0 aromatic carbocycles. The summed E-state index contributed by atoms with van der Waals surface area (Å²) in [7, 11) is -2.95. The summed E-state index contributed by atoms with van der Waals surface area (Å²) < 4.78 is 19.9. The zero-order chi connectivity index (χ0) is 12.2. The van der Waals surface area contributed by atoms with Gasteiger partial charge in [0.25, 0.3) is 0 Å². The minimum absolute atomic E-state index is 0.00441. The van der Waals surface area contributed by atoms with Crippen molar-refractivity contribution in [1.82, 2.24) is 9.76 Å². The van der Waals surface area contributed by atoms with Crippen molar-refractivity contribution in [1.29, 1.82) is 0 Å². The van der Waals surface area contributed by atoms with Crippen LogP contribution in [-0.4, -0.2) is 41.7 Å². The average Bonchev–Trinajstić information content (AvgIpc) is 2.15. The molecular weight excluding hydrogens is 270 g/mol.